The van der Waals surface area contributed by atoms with Crippen LogP contribution in [0.4, 0.5) is 0 Å². The minimum atomic E-state index is -0.494. The van der Waals surface area contributed by atoms with Crippen molar-refractivity contribution in [3.05, 3.63) is 136 Å². The Hall–Kier alpha value is -6.09. The molecule has 3 aromatic rings. The van der Waals surface area contributed by atoms with Gasteiger partial charge in [-0.15, -0.1) is 0 Å². The van der Waals surface area contributed by atoms with E-state index < -0.39 is 18.9 Å². The molecule has 15 atom stereocenters. The lowest BCUT2D eigenvalue weighted by Gasteiger charge is -2.55. The van der Waals surface area contributed by atoms with Crippen LogP contribution in [0.25, 0.3) is 5.57 Å². The zero-order valence-electron chi connectivity index (χ0n) is 54.8. The molecule has 5 aliphatic carbocycles. The van der Waals surface area contributed by atoms with Crippen LogP contribution in [-0.4, -0.2) is 116 Å². The lowest BCUT2D eigenvalue weighted by Crippen LogP contribution is -2.57. The van der Waals surface area contributed by atoms with Crippen molar-refractivity contribution in [3.8, 4) is 23.5 Å². The molecular weight excluding hydrogens is 1150 g/mol. The number of dihydropyridines is 1. The van der Waals surface area contributed by atoms with Gasteiger partial charge in [0, 0.05) is 62.8 Å². The van der Waals surface area contributed by atoms with E-state index in [0.29, 0.717) is 115 Å². The van der Waals surface area contributed by atoms with E-state index in [1.54, 1.807) is 12.1 Å². The third-order valence-electron chi connectivity index (χ3n) is 23.7. The van der Waals surface area contributed by atoms with Gasteiger partial charge in [0.05, 0.1) is 32.4 Å². The van der Waals surface area contributed by atoms with Crippen LogP contribution < -0.4 is 48.1 Å². The fourth-order valence-electron chi connectivity index (χ4n) is 19.9. The van der Waals surface area contributed by atoms with Crippen LogP contribution in [-0.2, 0) is 35.3 Å². The molecule has 5 aliphatic heterocycles. The van der Waals surface area contributed by atoms with Gasteiger partial charge < -0.3 is 63.4 Å². The lowest BCUT2D eigenvalue weighted by molar-refractivity contribution is -0.126. The number of ether oxygens (including phenoxy) is 1. The number of nitrogens with two attached hydrogens (primary N) is 2. The highest BCUT2D eigenvalue weighted by Gasteiger charge is 2.67. The number of rotatable bonds is 15. The number of aromatic hydroxyl groups is 1. The fourth-order valence-corrected chi connectivity index (χ4v) is 19.9. The van der Waals surface area contributed by atoms with E-state index in [1.165, 1.54) is 62.8 Å². The average Bonchev–Trinajstić information content (AvgIpc) is 1.53. The molecular formula is C77H105N9O6. The number of guanidine groups is 1. The molecule has 5 saturated carbocycles. The summed E-state index contributed by atoms with van der Waals surface area (Å²) in [5, 5.41) is 56.9. The minimum absolute atomic E-state index is 0.0209. The number of aliphatic hydroxyl groups excluding tert-OH is 2. The zero-order valence-corrected chi connectivity index (χ0v) is 54.8. The number of methoxy groups -OCH3 is 1. The van der Waals surface area contributed by atoms with Crippen LogP contribution in [0.3, 0.4) is 0 Å². The Kier molecular flexibility index (Phi) is 21.6. The maximum atomic E-state index is 14.8. The van der Waals surface area contributed by atoms with E-state index in [9.17, 15) is 24.9 Å². The molecule has 10 aliphatic rings. The predicted octanol–water partition coefficient (Wildman–Crippen LogP) is 8.71. The number of nitrogens with one attached hydrogen (secondary N) is 6. The van der Waals surface area contributed by atoms with Gasteiger partial charge in [-0.2, -0.15) is 4.99 Å². The molecule has 92 heavy (non-hydrogen) atoms. The summed E-state index contributed by atoms with van der Waals surface area (Å²) in [6.45, 7) is 6.64. The van der Waals surface area contributed by atoms with Gasteiger partial charge in [0.15, 0.2) is 17.3 Å². The number of aliphatic imine (C=N–C) groups is 1. The molecule has 13 N–H and O–H groups in total. The van der Waals surface area contributed by atoms with E-state index in [4.69, 9.17) is 16.2 Å². The molecule has 1 saturated heterocycles. The first-order valence-electron chi connectivity index (χ1n) is 35.4. The average molecular weight is 1250 g/mol. The number of benzene rings is 3. The summed E-state index contributed by atoms with van der Waals surface area (Å²) >= 11 is 0. The fraction of sp³-hybridized carbons (Fsp3) is 0.597. The molecule has 15 nitrogen and oxygen atoms in total. The zero-order chi connectivity index (χ0) is 63.8. The minimum Gasteiger partial charge on any atom is -0.504 e. The highest BCUT2D eigenvalue weighted by atomic mass is 16.5. The number of Topliss-reactive ketones (excluding diaryl/α,β-unsaturated/α-hetero) is 1. The molecule has 1 unspecified atom stereocenters. The molecule has 6 fully saturated rings. The lowest BCUT2D eigenvalue weighted by atomic mass is 9.52. The molecule has 1 spiro atoms. The number of phenols is 1. The van der Waals surface area contributed by atoms with Crippen LogP contribution in [0, 0.1) is 76.1 Å². The van der Waals surface area contributed by atoms with E-state index in [1.807, 2.05) is 25.3 Å². The molecule has 494 valence electrons. The standard InChI is InChI=1S/C77H105N9O6/c1-49(88)44-85-72-43-76(42-68-65-24-27-80-45-58(65)32-55-16-10-25-81-74(55)68)39-53-21-22-71(76)77(72)40-56(61(41-77)47-84-62-17-6-7-18-62)23-28-83-75(79)82-26-9-15-54(30-52-14-8-13-51(29-52)20-19-50-11-4-3-5-12-50)67-38-73(78)86-46-59(67)33-57-35-69(91)70(92-2)37-66(57)60(48-87)34-64(90)36-63(89)31-53/h3-5,8,10-14,16,29,34-35,37-38,46,49,53-56,58,61-62,65,68,71-74,80-81,84-88,91H,6-7,15,17-25,27-28,30-33,36,39-45,47-48,78H2,1-2H3,(H3,79,82,83)/b60-34+/t49-,53+,54+,55-,56-,58-,61-,65-,68+,71+,72+,73?,74-,76-,77-/m0/s1. The molecule has 3 aromatic carbocycles. The summed E-state index contributed by atoms with van der Waals surface area (Å²) in [5.41, 5.74) is 20.6. The van der Waals surface area contributed by atoms with Gasteiger partial charge in [-0.05, 0) is 262 Å². The number of carbonyl (C=O) groups is 2. The van der Waals surface area contributed by atoms with Crippen molar-refractivity contribution in [2.24, 2.45) is 80.6 Å². The number of carbonyl (C=O) groups excluding carboxylic acids is 2. The first-order valence-corrected chi connectivity index (χ1v) is 35.4. The Bertz CT molecular complexity index is 3290. The van der Waals surface area contributed by atoms with Crippen molar-refractivity contribution in [3.63, 3.8) is 0 Å². The Balaban J connectivity index is 0.903. The molecule has 5 bridgehead atoms. The molecule has 0 amide bonds. The van der Waals surface area contributed by atoms with E-state index in [2.05, 4.69) is 110 Å². The highest BCUT2D eigenvalue weighted by Crippen LogP contribution is 2.71. The van der Waals surface area contributed by atoms with Crippen molar-refractivity contribution in [2.75, 3.05) is 53.0 Å². The monoisotopic (exact) mass is 1250 g/mol. The van der Waals surface area contributed by atoms with Crippen molar-refractivity contribution < 1.29 is 29.6 Å². The summed E-state index contributed by atoms with van der Waals surface area (Å²) in [6.07, 6.45) is 28.2. The number of hydrogen-bond donors (Lipinski definition) is 11. The molecule has 5 heterocycles. The quantitative estimate of drug-likeness (QED) is 0.0388. The van der Waals surface area contributed by atoms with Gasteiger partial charge in [-0.3, -0.25) is 9.59 Å². The first-order chi connectivity index (χ1) is 44.7. The van der Waals surface area contributed by atoms with Crippen LogP contribution in [0.2, 0.25) is 0 Å². The molecule has 0 aromatic heterocycles. The van der Waals surface area contributed by atoms with Crippen molar-refractivity contribution in [1.82, 2.24) is 31.9 Å². The van der Waals surface area contributed by atoms with Crippen molar-refractivity contribution in [1.29, 1.82) is 0 Å². The number of phenolic OH excluding ortho intramolecular Hbond substituents is 1. The molecule has 13 rings (SSSR count). The Morgan fingerprint density at radius 2 is 1.73 bits per heavy atom. The van der Waals surface area contributed by atoms with Crippen LogP contribution in [0.5, 0.6) is 11.5 Å². The third-order valence-corrected chi connectivity index (χ3v) is 23.7. The third kappa shape index (κ3) is 15.3. The smallest absolute Gasteiger partial charge is 0.202 e. The molecule has 15 heteroatoms. The highest BCUT2D eigenvalue weighted by molar-refractivity contribution is 6.08. The Morgan fingerprint density at radius 3 is 2.55 bits per heavy atom. The number of piperidine rings is 1. The number of aryl methyl sites for hydroxylation is 2. The normalized spacial score (nSPS) is 33.8. The summed E-state index contributed by atoms with van der Waals surface area (Å²) in [4.78, 5) is 34.0. The molecule has 0 radical (unpaired) electrons. The summed E-state index contributed by atoms with van der Waals surface area (Å²) in [6, 6.07) is 27.0. The van der Waals surface area contributed by atoms with Crippen molar-refractivity contribution in [2.45, 2.75) is 172 Å². The largest absolute Gasteiger partial charge is 0.504 e. The Labute approximate surface area is 547 Å². The van der Waals surface area contributed by atoms with Gasteiger partial charge >= 0.3 is 0 Å². The Morgan fingerprint density at radius 1 is 0.902 bits per heavy atom. The van der Waals surface area contributed by atoms with Gasteiger partial charge in [-0.25, -0.2) is 0 Å². The predicted molar refractivity (Wildman–Crippen MR) is 366 cm³/mol. The number of hydrogen-bond acceptors (Lipinski definition) is 15. The number of nitrogens with zero attached hydrogens (tertiary/aromatic N) is 1. The second-order valence-electron chi connectivity index (χ2n) is 29.6. The SMILES string of the molecule is COc1cc2c(cc1O)CC1=CNC(N)C=C1[C@@H](Cc1cccc(CCc3ccccc3)c1)CC#CN=C(N)NCC[C@H]1C[C@]3(C[C@H]1CNC1CCCC1)[C@@H]1CC[C@H](CC(=O)CC(=O)/C=C/2CO)C[C@]1(C[C@@H]1[C@H]2CCNC[C@@H]2C[C@@H]2C=CCN[C@H]12)C[C@H]3NC[C@H](C)O. The van der Waals surface area contributed by atoms with Gasteiger partial charge in [0.2, 0.25) is 5.96 Å². The first kappa shape index (κ1) is 66.0. The number of allylic oxidation sites excluding steroid dienone is 3. The van der Waals surface area contributed by atoms with E-state index in [-0.39, 0.29) is 58.2 Å². The summed E-state index contributed by atoms with van der Waals surface area (Å²) in [7, 11) is 1.48. The van der Waals surface area contributed by atoms with Gasteiger partial charge in [0.25, 0.3) is 0 Å². The summed E-state index contributed by atoms with van der Waals surface area (Å²) in [5.74, 6) is 6.92. The van der Waals surface area contributed by atoms with Crippen LogP contribution >= 0.6 is 0 Å². The van der Waals surface area contributed by atoms with E-state index in [0.717, 1.165) is 107 Å². The van der Waals surface area contributed by atoms with Crippen molar-refractivity contribution >= 4 is 23.1 Å². The topological polar surface area (TPSA) is 241 Å². The summed E-state index contributed by atoms with van der Waals surface area (Å²) < 4.78 is 5.68. The number of aliphatic hydroxyl groups is 2. The van der Waals surface area contributed by atoms with Crippen LogP contribution in [0.15, 0.2) is 113 Å². The maximum Gasteiger partial charge on any atom is 0.202 e. The van der Waals surface area contributed by atoms with Gasteiger partial charge in [-0.1, -0.05) is 85.5 Å². The van der Waals surface area contributed by atoms with Crippen LogP contribution in [0.1, 0.15) is 144 Å². The maximum absolute atomic E-state index is 14.8. The number of ketones is 2. The second kappa shape index (κ2) is 30.1. The number of fused-ring (bicyclic) bond motifs is 13. The van der Waals surface area contributed by atoms with Gasteiger partial charge in [0.1, 0.15) is 5.78 Å². The second-order valence-corrected chi connectivity index (χ2v) is 29.6. The van der Waals surface area contributed by atoms with E-state index >= 15 is 0 Å².